The van der Waals surface area contributed by atoms with E-state index < -0.39 is 0 Å². The van der Waals surface area contributed by atoms with Crippen LogP contribution >= 0.6 is 0 Å². The minimum absolute atomic E-state index is 0.202. The Balaban J connectivity index is 1.95. The van der Waals surface area contributed by atoms with Crippen molar-refractivity contribution in [3.63, 3.8) is 0 Å². The lowest BCUT2D eigenvalue weighted by Crippen LogP contribution is -2.40. The van der Waals surface area contributed by atoms with E-state index in [2.05, 4.69) is 37.4 Å². The van der Waals surface area contributed by atoms with Gasteiger partial charge in [0, 0.05) is 25.2 Å². The summed E-state index contributed by atoms with van der Waals surface area (Å²) in [5, 5.41) is 3.50. The van der Waals surface area contributed by atoms with E-state index in [1.165, 1.54) is 17.5 Å². The number of benzene rings is 1. The lowest BCUT2D eigenvalue weighted by atomic mass is 9.70. The van der Waals surface area contributed by atoms with Crippen LogP contribution in [0.15, 0.2) is 18.2 Å². The number of rotatable bonds is 1. The maximum absolute atomic E-state index is 11.8. The highest BCUT2D eigenvalue weighted by molar-refractivity contribution is 6.00. The molecule has 1 amide bonds. The zero-order valence-electron chi connectivity index (χ0n) is 12.0. The molecule has 0 bridgehead atoms. The van der Waals surface area contributed by atoms with E-state index in [4.69, 9.17) is 0 Å². The highest BCUT2D eigenvalue weighted by atomic mass is 16.2. The molecule has 19 heavy (non-hydrogen) atoms. The van der Waals surface area contributed by atoms with Crippen LogP contribution in [0.4, 0.5) is 5.69 Å². The Kier molecular flexibility index (Phi) is 2.90. The van der Waals surface area contributed by atoms with Gasteiger partial charge in [-0.05, 0) is 35.6 Å². The second-order valence-corrected chi connectivity index (χ2v) is 6.51. The number of likely N-dealkylation sites (N-methyl/N-ethyl adjacent to an activating group) is 1. The van der Waals surface area contributed by atoms with Gasteiger partial charge in [0.15, 0.2) is 0 Å². The minimum atomic E-state index is 0.202. The third kappa shape index (κ3) is 2.06. The standard InChI is InChI=1S/C16H22N2O/c1-16(2)6-7-17-10-13(16)11-4-5-14-12(8-11)9-15(19)18(14)3/h4-5,8,13,17H,6-7,9-10H2,1-3H3. The maximum atomic E-state index is 11.8. The molecule has 0 aliphatic carbocycles. The lowest BCUT2D eigenvalue weighted by molar-refractivity contribution is -0.117. The van der Waals surface area contributed by atoms with Gasteiger partial charge in [-0.25, -0.2) is 0 Å². The average Bonchev–Trinajstić information content (AvgIpc) is 2.64. The van der Waals surface area contributed by atoms with Crippen LogP contribution in [0.25, 0.3) is 0 Å². The third-order valence-electron chi connectivity index (χ3n) is 4.82. The van der Waals surface area contributed by atoms with Crippen LogP contribution in [-0.2, 0) is 11.2 Å². The van der Waals surface area contributed by atoms with Crippen LogP contribution in [-0.4, -0.2) is 26.0 Å². The van der Waals surface area contributed by atoms with Gasteiger partial charge in [-0.3, -0.25) is 4.79 Å². The summed E-state index contributed by atoms with van der Waals surface area (Å²) >= 11 is 0. The van der Waals surface area contributed by atoms with E-state index >= 15 is 0 Å². The zero-order chi connectivity index (χ0) is 13.6. The van der Waals surface area contributed by atoms with Gasteiger partial charge < -0.3 is 10.2 Å². The quantitative estimate of drug-likeness (QED) is 0.838. The Labute approximate surface area is 115 Å². The van der Waals surface area contributed by atoms with Gasteiger partial charge in [0.2, 0.25) is 5.91 Å². The molecule has 1 aromatic rings. The van der Waals surface area contributed by atoms with Crippen LogP contribution in [0.5, 0.6) is 0 Å². The number of nitrogens with zero attached hydrogens (tertiary/aromatic N) is 1. The number of piperidine rings is 1. The largest absolute Gasteiger partial charge is 0.316 e. The van der Waals surface area contributed by atoms with E-state index in [9.17, 15) is 4.79 Å². The van der Waals surface area contributed by atoms with Crippen molar-refractivity contribution >= 4 is 11.6 Å². The fourth-order valence-corrected chi connectivity index (χ4v) is 3.38. The normalized spacial score (nSPS) is 25.5. The molecule has 1 fully saturated rings. The van der Waals surface area contributed by atoms with Gasteiger partial charge >= 0.3 is 0 Å². The molecule has 1 atom stereocenters. The summed E-state index contributed by atoms with van der Waals surface area (Å²) in [6, 6.07) is 6.56. The number of nitrogens with one attached hydrogen (secondary N) is 1. The molecule has 0 aromatic heterocycles. The number of hydrogen-bond donors (Lipinski definition) is 1. The molecule has 1 N–H and O–H groups in total. The highest BCUT2D eigenvalue weighted by Gasteiger charge is 2.34. The molecule has 0 radical (unpaired) electrons. The van der Waals surface area contributed by atoms with Gasteiger partial charge in [0.1, 0.15) is 0 Å². The third-order valence-corrected chi connectivity index (χ3v) is 4.82. The molecular weight excluding hydrogens is 236 g/mol. The molecule has 3 nitrogen and oxygen atoms in total. The van der Waals surface area contributed by atoms with Crippen molar-refractivity contribution in [1.82, 2.24) is 5.32 Å². The first-order valence-electron chi connectivity index (χ1n) is 7.09. The van der Waals surface area contributed by atoms with Crippen molar-refractivity contribution in [3.8, 4) is 0 Å². The summed E-state index contributed by atoms with van der Waals surface area (Å²) in [5.74, 6) is 0.737. The predicted molar refractivity (Wildman–Crippen MR) is 77.6 cm³/mol. The average molecular weight is 258 g/mol. The number of hydrogen-bond acceptors (Lipinski definition) is 2. The summed E-state index contributed by atoms with van der Waals surface area (Å²) in [6.45, 7) is 6.84. The van der Waals surface area contributed by atoms with Crippen LogP contribution in [0.3, 0.4) is 0 Å². The summed E-state index contributed by atoms with van der Waals surface area (Å²) in [7, 11) is 1.86. The van der Waals surface area contributed by atoms with Crippen LogP contribution in [0.1, 0.15) is 37.3 Å². The first kappa shape index (κ1) is 12.7. The van der Waals surface area contributed by atoms with Gasteiger partial charge in [-0.1, -0.05) is 26.0 Å². The maximum Gasteiger partial charge on any atom is 0.231 e. The Morgan fingerprint density at radius 2 is 2.16 bits per heavy atom. The molecule has 3 rings (SSSR count). The van der Waals surface area contributed by atoms with Gasteiger partial charge in [-0.2, -0.15) is 0 Å². The van der Waals surface area contributed by atoms with Gasteiger partial charge in [-0.15, -0.1) is 0 Å². The fourth-order valence-electron chi connectivity index (χ4n) is 3.38. The topological polar surface area (TPSA) is 32.3 Å². The highest BCUT2D eigenvalue weighted by Crippen LogP contribution is 2.41. The van der Waals surface area contributed by atoms with E-state index in [0.29, 0.717) is 17.8 Å². The molecule has 102 valence electrons. The van der Waals surface area contributed by atoms with E-state index in [1.54, 1.807) is 4.90 Å². The van der Waals surface area contributed by atoms with E-state index in [0.717, 1.165) is 18.8 Å². The molecular formula is C16H22N2O. The van der Waals surface area contributed by atoms with Crippen molar-refractivity contribution in [1.29, 1.82) is 0 Å². The van der Waals surface area contributed by atoms with Crippen LogP contribution < -0.4 is 10.2 Å². The molecule has 1 aromatic carbocycles. The molecule has 0 saturated carbocycles. The summed E-state index contributed by atoms with van der Waals surface area (Å²) in [5.41, 5.74) is 3.97. The number of amides is 1. The number of anilines is 1. The van der Waals surface area contributed by atoms with Crippen molar-refractivity contribution in [2.45, 2.75) is 32.6 Å². The number of fused-ring (bicyclic) bond motifs is 1. The Morgan fingerprint density at radius 1 is 1.37 bits per heavy atom. The molecule has 3 heteroatoms. The summed E-state index contributed by atoms with van der Waals surface area (Å²) < 4.78 is 0. The van der Waals surface area contributed by atoms with Crippen LogP contribution in [0.2, 0.25) is 0 Å². The van der Waals surface area contributed by atoms with E-state index in [1.807, 2.05) is 7.05 Å². The number of carbonyl (C=O) groups is 1. The van der Waals surface area contributed by atoms with Crippen molar-refractivity contribution in [2.75, 3.05) is 25.0 Å². The Morgan fingerprint density at radius 3 is 2.89 bits per heavy atom. The van der Waals surface area contributed by atoms with Gasteiger partial charge in [0.05, 0.1) is 6.42 Å². The summed E-state index contributed by atoms with van der Waals surface area (Å²) in [6.07, 6.45) is 1.76. The van der Waals surface area contributed by atoms with E-state index in [-0.39, 0.29) is 5.91 Å². The number of carbonyl (C=O) groups excluding carboxylic acids is 1. The Bertz CT molecular complexity index is 521. The second kappa shape index (κ2) is 4.34. The van der Waals surface area contributed by atoms with Gasteiger partial charge in [0.25, 0.3) is 0 Å². The SMILES string of the molecule is CN1C(=O)Cc2cc(C3CNCCC3(C)C)ccc21. The van der Waals surface area contributed by atoms with Crippen molar-refractivity contribution < 1.29 is 4.79 Å². The Hall–Kier alpha value is -1.35. The molecule has 2 aliphatic rings. The zero-order valence-corrected chi connectivity index (χ0v) is 12.0. The smallest absolute Gasteiger partial charge is 0.231 e. The van der Waals surface area contributed by atoms with Crippen molar-refractivity contribution in [3.05, 3.63) is 29.3 Å². The first-order valence-corrected chi connectivity index (χ1v) is 7.09. The fraction of sp³-hybridized carbons (Fsp3) is 0.562. The molecule has 0 spiro atoms. The lowest BCUT2D eigenvalue weighted by Gasteiger charge is -2.39. The predicted octanol–water partition coefficient (Wildman–Crippen LogP) is 2.31. The first-order chi connectivity index (χ1) is 8.99. The minimum Gasteiger partial charge on any atom is -0.316 e. The monoisotopic (exact) mass is 258 g/mol. The second-order valence-electron chi connectivity index (χ2n) is 6.51. The van der Waals surface area contributed by atoms with Crippen LogP contribution in [0, 0.1) is 5.41 Å². The molecule has 2 aliphatic heterocycles. The van der Waals surface area contributed by atoms with Crippen molar-refractivity contribution in [2.24, 2.45) is 5.41 Å². The molecule has 1 unspecified atom stereocenters. The molecule has 2 heterocycles. The summed E-state index contributed by atoms with van der Waals surface area (Å²) in [4.78, 5) is 13.5. The molecule has 1 saturated heterocycles.